The quantitative estimate of drug-likeness (QED) is 0.159. The lowest BCUT2D eigenvalue weighted by atomic mass is 9.72. The standard InChI is InChI=1S/C78H53NO2/c1-76(49-25-11-5-12-26-49)62-41-42-70-73(57-33-19-21-35-68(57)80-70)72(62)61-47-65-60(46-66(61)76)55-39-37-53(43-63(55)77(65,2)50-27-13-6-14-28-50)79(52-31-17-8-18-32-52)54-38-40-56-64(44-54)78(3,51-29-15-7-16-30-51)67-45-59(48-23-9-4-10-24-48)75-74(71(56)67)58-34-20-22-36-69(58)81-75/h4-47H,1-3H3. The molecular formula is C78H53NO2. The molecule has 0 saturated carbocycles. The number of para-hydroxylation sites is 3. The highest BCUT2D eigenvalue weighted by Crippen LogP contribution is 2.63. The zero-order valence-corrected chi connectivity index (χ0v) is 45.2. The number of fused-ring (bicyclic) bond motifs is 17. The highest BCUT2D eigenvalue weighted by atomic mass is 16.3. The first-order valence-electron chi connectivity index (χ1n) is 28.3. The molecule has 0 aliphatic heterocycles. The normalized spacial score (nSPS) is 18.2. The van der Waals surface area contributed by atoms with E-state index in [1.54, 1.807) is 0 Å². The van der Waals surface area contributed by atoms with E-state index in [0.29, 0.717) is 0 Å². The van der Waals surface area contributed by atoms with Crippen molar-refractivity contribution < 1.29 is 8.83 Å². The Labute approximate surface area is 470 Å². The molecular weight excluding hydrogens is 983 g/mol. The summed E-state index contributed by atoms with van der Waals surface area (Å²) in [7, 11) is 0. The van der Waals surface area contributed by atoms with Gasteiger partial charge < -0.3 is 13.7 Å². The second-order valence-corrected chi connectivity index (χ2v) is 23.0. The van der Waals surface area contributed by atoms with Crippen molar-refractivity contribution >= 4 is 60.9 Å². The van der Waals surface area contributed by atoms with Crippen molar-refractivity contribution in [3.05, 3.63) is 317 Å². The van der Waals surface area contributed by atoms with E-state index >= 15 is 0 Å². The van der Waals surface area contributed by atoms with Crippen molar-refractivity contribution in [2.75, 3.05) is 4.90 Å². The summed E-state index contributed by atoms with van der Waals surface area (Å²) in [6.45, 7) is 7.32. The van der Waals surface area contributed by atoms with E-state index in [-0.39, 0.29) is 0 Å². The fourth-order valence-corrected chi connectivity index (χ4v) is 15.1. The van der Waals surface area contributed by atoms with Gasteiger partial charge in [-0.05, 0) is 183 Å². The molecule has 0 amide bonds. The molecule has 2 aromatic heterocycles. The van der Waals surface area contributed by atoms with Gasteiger partial charge in [0.1, 0.15) is 22.3 Å². The van der Waals surface area contributed by atoms with Gasteiger partial charge in [0.15, 0.2) is 0 Å². The van der Waals surface area contributed by atoms with Crippen LogP contribution in [0.3, 0.4) is 0 Å². The number of furan rings is 2. The van der Waals surface area contributed by atoms with E-state index in [9.17, 15) is 0 Å². The van der Waals surface area contributed by atoms with Crippen molar-refractivity contribution in [3.63, 3.8) is 0 Å². The molecule has 3 heteroatoms. The van der Waals surface area contributed by atoms with Crippen LogP contribution in [0, 0.1) is 0 Å². The number of benzene rings is 12. The molecule has 382 valence electrons. The van der Waals surface area contributed by atoms with Gasteiger partial charge in [-0.1, -0.05) is 194 Å². The van der Waals surface area contributed by atoms with Crippen LogP contribution in [0.2, 0.25) is 0 Å². The lowest BCUT2D eigenvalue weighted by Gasteiger charge is -2.32. The highest BCUT2D eigenvalue weighted by molar-refractivity contribution is 6.19. The predicted octanol–water partition coefficient (Wildman–Crippen LogP) is 20.6. The van der Waals surface area contributed by atoms with E-state index in [0.717, 1.165) is 66.7 Å². The molecule has 0 N–H and O–H groups in total. The maximum Gasteiger partial charge on any atom is 0.143 e. The number of hydrogen-bond acceptors (Lipinski definition) is 3. The Kier molecular flexibility index (Phi) is 9.53. The molecule has 17 rings (SSSR count). The van der Waals surface area contributed by atoms with Crippen LogP contribution < -0.4 is 4.90 Å². The first-order chi connectivity index (χ1) is 39.8. The molecule has 12 aromatic carbocycles. The molecule has 3 unspecified atom stereocenters. The van der Waals surface area contributed by atoms with Crippen LogP contribution in [-0.4, -0.2) is 0 Å². The van der Waals surface area contributed by atoms with E-state index in [1.165, 1.54) is 88.8 Å². The van der Waals surface area contributed by atoms with Crippen molar-refractivity contribution in [1.82, 2.24) is 0 Å². The third-order valence-electron chi connectivity index (χ3n) is 19.1. The van der Waals surface area contributed by atoms with Gasteiger partial charge >= 0.3 is 0 Å². The van der Waals surface area contributed by atoms with Crippen LogP contribution in [0.1, 0.15) is 70.8 Å². The number of hydrogen-bond donors (Lipinski definition) is 0. The van der Waals surface area contributed by atoms with Crippen molar-refractivity contribution in [2.45, 2.75) is 37.0 Å². The summed E-state index contributed by atoms with van der Waals surface area (Å²) in [4.78, 5) is 2.48. The monoisotopic (exact) mass is 1040 g/mol. The first kappa shape index (κ1) is 46.0. The van der Waals surface area contributed by atoms with Crippen molar-refractivity contribution in [3.8, 4) is 44.5 Å². The molecule has 3 aliphatic rings. The van der Waals surface area contributed by atoms with Crippen LogP contribution in [0.15, 0.2) is 276 Å². The van der Waals surface area contributed by atoms with Crippen LogP contribution in [0.5, 0.6) is 0 Å². The third kappa shape index (κ3) is 6.18. The van der Waals surface area contributed by atoms with Gasteiger partial charge in [-0.3, -0.25) is 0 Å². The summed E-state index contributed by atoms with van der Waals surface area (Å²) in [5, 5.41) is 4.62. The maximum absolute atomic E-state index is 6.92. The van der Waals surface area contributed by atoms with Gasteiger partial charge in [0.2, 0.25) is 0 Å². The molecule has 0 fully saturated rings. The van der Waals surface area contributed by atoms with E-state index in [1.807, 2.05) is 0 Å². The molecule has 81 heavy (non-hydrogen) atoms. The predicted molar refractivity (Wildman–Crippen MR) is 333 cm³/mol. The topological polar surface area (TPSA) is 29.5 Å². The SMILES string of the molecule is CC1(c2ccccc2)c2cc(N(c3ccccc3)c3ccc4c(c3)C(C)(c3ccccc3)c3cc(-c5ccccc5)c5oc6ccccc6c5c3-4)ccc2-c2cc3c(cc21)-c1c(ccc2oc4ccccc4c12)C3(C)c1ccccc1. The molecule has 0 saturated heterocycles. The Bertz CT molecular complexity index is 4900. The summed E-state index contributed by atoms with van der Waals surface area (Å²) in [5.74, 6) is 0. The lowest BCUT2D eigenvalue weighted by Crippen LogP contribution is -2.24. The number of nitrogens with zero attached hydrogens (tertiary/aromatic N) is 1. The van der Waals surface area contributed by atoms with Gasteiger partial charge in [0, 0.05) is 60.4 Å². The third-order valence-corrected chi connectivity index (χ3v) is 19.1. The minimum atomic E-state index is -0.520. The van der Waals surface area contributed by atoms with E-state index in [4.69, 9.17) is 8.83 Å². The molecule has 3 aliphatic carbocycles. The fourth-order valence-electron chi connectivity index (χ4n) is 15.1. The fraction of sp³-hybridized carbons (Fsp3) is 0.0769. The smallest absolute Gasteiger partial charge is 0.143 e. The Morgan fingerprint density at radius 2 is 0.728 bits per heavy atom. The largest absolute Gasteiger partial charge is 0.456 e. The number of anilines is 3. The summed E-state index contributed by atoms with van der Waals surface area (Å²) in [6, 6.07) is 98.7. The molecule has 2 heterocycles. The summed E-state index contributed by atoms with van der Waals surface area (Å²) < 4.78 is 13.6. The van der Waals surface area contributed by atoms with Gasteiger partial charge in [-0.15, -0.1) is 0 Å². The Morgan fingerprint density at radius 3 is 1.36 bits per heavy atom. The molecule has 0 bridgehead atoms. The number of rotatable bonds is 7. The molecule has 3 nitrogen and oxygen atoms in total. The highest BCUT2D eigenvalue weighted by Gasteiger charge is 2.48. The summed E-state index contributed by atoms with van der Waals surface area (Å²) in [6.07, 6.45) is 0. The van der Waals surface area contributed by atoms with Crippen LogP contribution in [-0.2, 0) is 16.2 Å². The summed E-state index contributed by atoms with van der Waals surface area (Å²) >= 11 is 0. The Balaban J connectivity index is 0.895. The molecule has 0 radical (unpaired) electrons. The minimum Gasteiger partial charge on any atom is -0.456 e. The van der Waals surface area contributed by atoms with Crippen LogP contribution >= 0.6 is 0 Å². The van der Waals surface area contributed by atoms with Crippen molar-refractivity contribution in [1.29, 1.82) is 0 Å². The maximum atomic E-state index is 6.92. The van der Waals surface area contributed by atoms with Crippen LogP contribution in [0.25, 0.3) is 88.4 Å². The Morgan fingerprint density at radius 1 is 0.284 bits per heavy atom. The molecule has 0 spiro atoms. The van der Waals surface area contributed by atoms with E-state index in [2.05, 4.69) is 293 Å². The second-order valence-electron chi connectivity index (χ2n) is 23.0. The average molecular weight is 1040 g/mol. The van der Waals surface area contributed by atoms with Crippen molar-refractivity contribution in [2.24, 2.45) is 0 Å². The molecule has 14 aromatic rings. The average Bonchev–Trinajstić information content (AvgIpc) is 4.24. The van der Waals surface area contributed by atoms with Gasteiger partial charge in [-0.2, -0.15) is 0 Å². The molecule has 3 atom stereocenters. The Hall–Kier alpha value is -9.96. The van der Waals surface area contributed by atoms with E-state index < -0.39 is 16.2 Å². The van der Waals surface area contributed by atoms with Gasteiger partial charge in [0.25, 0.3) is 0 Å². The first-order valence-corrected chi connectivity index (χ1v) is 28.3. The zero-order chi connectivity index (χ0) is 53.8. The minimum absolute atomic E-state index is 0.426. The zero-order valence-electron chi connectivity index (χ0n) is 45.2. The summed E-state index contributed by atoms with van der Waals surface area (Å²) in [5.41, 5.74) is 26.7. The van der Waals surface area contributed by atoms with Crippen LogP contribution in [0.4, 0.5) is 17.1 Å². The lowest BCUT2D eigenvalue weighted by molar-refractivity contribution is 0.667. The van der Waals surface area contributed by atoms with Gasteiger partial charge in [0.05, 0.1) is 0 Å². The second kappa shape index (κ2) is 16.8. The van der Waals surface area contributed by atoms with Gasteiger partial charge in [-0.25, -0.2) is 0 Å².